The molecule has 2 nitrogen and oxygen atoms in total. The number of benzene rings is 2. The van der Waals surface area contributed by atoms with Crippen LogP contribution >= 0.6 is 18.0 Å². The third-order valence-electron chi connectivity index (χ3n) is 2.03. The monoisotopic (exact) mass is 252 g/mol. The summed E-state index contributed by atoms with van der Waals surface area (Å²) in [6.45, 7) is -3.29. The first-order valence-electron chi connectivity index (χ1n) is 4.78. The van der Waals surface area contributed by atoms with Crippen LogP contribution in [0, 0.1) is 0 Å². The molecule has 1 atom stereocenters. The lowest BCUT2D eigenvalue weighted by Crippen LogP contribution is -2.04. The van der Waals surface area contributed by atoms with E-state index in [1.165, 1.54) is 0 Å². The van der Waals surface area contributed by atoms with Crippen molar-refractivity contribution in [2.24, 2.45) is 0 Å². The molecule has 0 fully saturated rings. The number of para-hydroxylation sites is 1. The van der Waals surface area contributed by atoms with E-state index in [9.17, 15) is 4.57 Å². The summed E-state index contributed by atoms with van der Waals surface area (Å²) < 4.78 is 17.4. The minimum Gasteiger partial charge on any atom is -0.430 e. The molecule has 4 heteroatoms. The molecule has 0 aliphatic carbocycles. The van der Waals surface area contributed by atoms with Crippen LogP contribution in [0.4, 0.5) is 0 Å². The van der Waals surface area contributed by atoms with Gasteiger partial charge < -0.3 is 4.52 Å². The van der Waals surface area contributed by atoms with Crippen molar-refractivity contribution in [3.63, 3.8) is 0 Å². The van der Waals surface area contributed by atoms with E-state index >= 15 is 0 Å². The first-order valence-corrected chi connectivity index (χ1v) is 7.31. The molecule has 0 N–H and O–H groups in total. The summed E-state index contributed by atoms with van der Waals surface area (Å²) in [7, 11) is 0. The van der Waals surface area contributed by atoms with E-state index in [-0.39, 0.29) is 0 Å². The number of rotatable bonds is 3. The lowest BCUT2D eigenvalue weighted by molar-refractivity contribution is 0.508. The van der Waals surface area contributed by atoms with Gasteiger partial charge in [-0.15, -0.1) is 0 Å². The number of hydrogen-bond acceptors (Lipinski definition) is 2. The zero-order valence-corrected chi connectivity index (χ0v) is 10.1. The fraction of sp³-hybridized carbons (Fsp3) is 0. The minimum absolute atomic E-state index is 0.500. The van der Waals surface area contributed by atoms with Gasteiger partial charge in [-0.1, -0.05) is 36.4 Å². The zero-order valence-electron chi connectivity index (χ0n) is 8.42. The summed E-state index contributed by atoms with van der Waals surface area (Å²) in [6, 6.07) is 17.7. The van der Waals surface area contributed by atoms with Crippen LogP contribution in [0.25, 0.3) is 0 Å². The van der Waals surface area contributed by atoms with E-state index in [1.54, 1.807) is 48.5 Å². The highest BCUT2D eigenvalue weighted by atomic mass is 35.7. The molecule has 0 heterocycles. The minimum atomic E-state index is -3.29. The quantitative estimate of drug-likeness (QED) is 0.776. The van der Waals surface area contributed by atoms with Crippen LogP contribution in [0.3, 0.4) is 0 Å². The molecule has 0 saturated heterocycles. The van der Waals surface area contributed by atoms with Crippen molar-refractivity contribution in [3.05, 3.63) is 60.7 Å². The molecule has 0 amide bonds. The summed E-state index contributed by atoms with van der Waals surface area (Å²) >= 11 is 5.93. The molecule has 0 aliphatic heterocycles. The standard InChI is InChI=1S/C12H10ClO2P/c13-16(14,12-9-5-2-6-10-12)15-11-7-3-1-4-8-11/h1-10H. The second-order valence-corrected chi connectivity index (χ2v) is 6.21. The van der Waals surface area contributed by atoms with Crippen LogP contribution in [0.5, 0.6) is 5.75 Å². The van der Waals surface area contributed by atoms with Gasteiger partial charge in [0.2, 0.25) is 0 Å². The Balaban J connectivity index is 2.25. The smallest absolute Gasteiger partial charge is 0.366 e. The second-order valence-electron chi connectivity index (χ2n) is 3.22. The predicted molar refractivity (Wildman–Crippen MR) is 66.6 cm³/mol. The van der Waals surface area contributed by atoms with Gasteiger partial charge in [0, 0.05) is 0 Å². The number of hydrogen-bond donors (Lipinski definition) is 0. The average molecular weight is 253 g/mol. The van der Waals surface area contributed by atoms with Crippen LogP contribution in [-0.2, 0) is 4.57 Å². The van der Waals surface area contributed by atoms with Crippen molar-refractivity contribution in [1.29, 1.82) is 0 Å². The van der Waals surface area contributed by atoms with Gasteiger partial charge in [-0.25, -0.2) is 0 Å². The Kier molecular flexibility index (Phi) is 3.33. The molecule has 2 rings (SSSR count). The zero-order chi connectivity index (χ0) is 11.4. The van der Waals surface area contributed by atoms with E-state index < -0.39 is 6.72 Å². The maximum Gasteiger partial charge on any atom is 0.366 e. The Bertz CT molecular complexity index is 499. The third-order valence-corrected chi connectivity index (χ3v) is 4.18. The Morgan fingerprint density at radius 1 is 0.875 bits per heavy atom. The molecule has 0 bridgehead atoms. The molecule has 2 aromatic rings. The predicted octanol–water partition coefficient (Wildman–Crippen LogP) is 3.82. The van der Waals surface area contributed by atoms with Crippen LogP contribution in [0.2, 0.25) is 0 Å². The highest BCUT2D eigenvalue weighted by Gasteiger charge is 2.23. The summed E-state index contributed by atoms with van der Waals surface area (Å²) in [5, 5.41) is 0.500. The second kappa shape index (κ2) is 4.73. The van der Waals surface area contributed by atoms with E-state index in [1.807, 2.05) is 12.1 Å². The normalized spacial score (nSPS) is 14.1. The first-order chi connectivity index (χ1) is 7.68. The van der Waals surface area contributed by atoms with Crippen LogP contribution < -0.4 is 9.83 Å². The van der Waals surface area contributed by atoms with Gasteiger partial charge >= 0.3 is 6.72 Å². The molecule has 0 aliphatic rings. The lowest BCUT2D eigenvalue weighted by Gasteiger charge is -2.12. The van der Waals surface area contributed by atoms with Crippen molar-refractivity contribution in [1.82, 2.24) is 0 Å². The molecular weight excluding hydrogens is 243 g/mol. The Morgan fingerprint density at radius 2 is 1.38 bits per heavy atom. The Hall–Kier alpha value is -1.24. The van der Waals surface area contributed by atoms with E-state index in [0.29, 0.717) is 11.1 Å². The largest absolute Gasteiger partial charge is 0.430 e. The maximum atomic E-state index is 12.1. The Labute approximate surface area is 99.1 Å². The van der Waals surface area contributed by atoms with Crippen LogP contribution in [-0.4, -0.2) is 0 Å². The number of halogens is 1. The summed E-state index contributed by atoms with van der Waals surface area (Å²) in [5.74, 6) is 0.504. The van der Waals surface area contributed by atoms with Gasteiger partial charge in [0.25, 0.3) is 0 Å². The fourth-order valence-corrected chi connectivity index (χ4v) is 2.88. The SMILES string of the molecule is O=P(Cl)(Oc1ccccc1)c1ccccc1. The molecule has 0 saturated carbocycles. The molecule has 0 spiro atoms. The molecule has 0 aromatic heterocycles. The average Bonchev–Trinajstić information content (AvgIpc) is 2.31. The van der Waals surface area contributed by atoms with Crippen molar-refractivity contribution in [3.8, 4) is 5.75 Å². The topological polar surface area (TPSA) is 26.3 Å². The van der Waals surface area contributed by atoms with Gasteiger partial charge in [0.15, 0.2) is 0 Å². The maximum absolute atomic E-state index is 12.1. The van der Waals surface area contributed by atoms with Gasteiger partial charge in [0.05, 0.1) is 5.30 Å². The highest BCUT2D eigenvalue weighted by molar-refractivity contribution is 7.91. The van der Waals surface area contributed by atoms with Crippen molar-refractivity contribution < 1.29 is 9.09 Å². The molecule has 1 unspecified atom stereocenters. The van der Waals surface area contributed by atoms with Gasteiger partial charge in [-0.2, -0.15) is 0 Å². The van der Waals surface area contributed by atoms with Crippen LogP contribution in [0.1, 0.15) is 0 Å². The van der Waals surface area contributed by atoms with Crippen molar-refractivity contribution >= 4 is 23.3 Å². The van der Waals surface area contributed by atoms with Gasteiger partial charge in [-0.05, 0) is 35.5 Å². The molecular formula is C12H10ClO2P. The molecule has 82 valence electrons. The summed E-state index contributed by atoms with van der Waals surface area (Å²) in [5.41, 5.74) is 0. The molecule has 0 radical (unpaired) electrons. The van der Waals surface area contributed by atoms with Crippen molar-refractivity contribution in [2.75, 3.05) is 0 Å². The van der Waals surface area contributed by atoms with E-state index in [2.05, 4.69) is 0 Å². The Morgan fingerprint density at radius 3 is 1.94 bits per heavy atom. The molecule has 16 heavy (non-hydrogen) atoms. The van der Waals surface area contributed by atoms with E-state index in [4.69, 9.17) is 15.8 Å². The van der Waals surface area contributed by atoms with Crippen molar-refractivity contribution in [2.45, 2.75) is 0 Å². The first kappa shape index (κ1) is 11.3. The van der Waals surface area contributed by atoms with E-state index in [0.717, 1.165) is 0 Å². The van der Waals surface area contributed by atoms with Gasteiger partial charge in [-0.3, -0.25) is 4.57 Å². The van der Waals surface area contributed by atoms with Gasteiger partial charge in [0.1, 0.15) is 5.75 Å². The third kappa shape index (κ3) is 2.66. The lowest BCUT2D eigenvalue weighted by atomic mass is 10.3. The molecule has 2 aromatic carbocycles. The van der Waals surface area contributed by atoms with Crippen LogP contribution in [0.15, 0.2) is 60.7 Å². The highest BCUT2D eigenvalue weighted by Crippen LogP contribution is 2.50. The fourth-order valence-electron chi connectivity index (χ4n) is 1.28. The summed E-state index contributed by atoms with van der Waals surface area (Å²) in [6.07, 6.45) is 0. The summed E-state index contributed by atoms with van der Waals surface area (Å²) in [4.78, 5) is 0.